The fourth-order valence-corrected chi connectivity index (χ4v) is 1.85. The Labute approximate surface area is 112 Å². The summed E-state index contributed by atoms with van der Waals surface area (Å²) in [6.45, 7) is -0.769. The average molecular weight is 306 g/mol. The van der Waals surface area contributed by atoms with Gasteiger partial charge in [-0.15, -0.1) is 0 Å². The summed E-state index contributed by atoms with van der Waals surface area (Å²) < 4.78 is 15.7. The van der Waals surface area contributed by atoms with E-state index in [4.69, 9.17) is 24.7 Å². The monoisotopic (exact) mass is 306 g/mol. The first kappa shape index (κ1) is 16.1. The Morgan fingerprint density at radius 3 is 2.25 bits per heavy atom. The highest BCUT2D eigenvalue weighted by Gasteiger charge is 2.29. The number of rotatable bonds is 6. The number of carboxylic acids is 2. The Hall–Kier alpha value is -1.93. The Morgan fingerprint density at radius 2 is 1.80 bits per heavy atom. The second-order valence-corrected chi connectivity index (χ2v) is 5.41. The zero-order chi connectivity index (χ0) is 15.5. The molecule has 0 saturated carbocycles. The molecule has 1 aromatic rings. The van der Waals surface area contributed by atoms with Crippen molar-refractivity contribution in [3.8, 4) is 5.75 Å². The lowest BCUT2D eigenvalue weighted by Gasteiger charge is -2.14. The number of ether oxygens (including phenoxy) is 1. The second kappa shape index (κ2) is 6.02. The van der Waals surface area contributed by atoms with Crippen molar-refractivity contribution >= 4 is 19.5 Å². The van der Waals surface area contributed by atoms with Crippen LogP contribution in [0.1, 0.15) is 21.8 Å². The molecule has 0 radical (unpaired) electrons. The Morgan fingerprint density at radius 1 is 1.20 bits per heavy atom. The highest BCUT2D eigenvalue weighted by Crippen LogP contribution is 2.50. The van der Waals surface area contributed by atoms with Crippen molar-refractivity contribution in [1.29, 1.82) is 0 Å². The zero-order valence-corrected chi connectivity index (χ0v) is 10.7. The molecule has 5 N–H and O–H groups in total. The second-order valence-electron chi connectivity index (χ2n) is 3.74. The van der Waals surface area contributed by atoms with E-state index in [0.29, 0.717) is 0 Å². The summed E-state index contributed by atoms with van der Waals surface area (Å²) in [5.41, 5.74) is -0.797. The predicted molar refractivity (Wildman–Crippen MR) is 63.5 cm³/mol. The van der Waals surface area contributed by atoms with Gasteiger partial charge in [0.2, 0.25) is 0 Å². The van der Waals surface area contributed by atoms with E-state index in [1.807, 2.05) is 0 Å². The Balaban J connectivity index is 3.20. The van der Waals surface area contributed by atoms with E-state index in [9.17, 15) is 19.3 Å². The summed E-state index contributed by atoms with van der Waals surface area (Å²) >= 11 is 0. The van der Waals surface area contributed by atoms with Gasteiger partial charge in [0, 0.05) is 0 Å². The van der Waals surface area contributed by atoms with Crippen LogP contribution in [-0.4, -0.2) is 43.7 Å². The van der Waals surface area contributed by atoms with Gasteiger partial charge in [0.1, 0.15) is 5.75 Å². The molecule has 1 aromatic carbocycles. The molecule has 9 nitrogen and oxygen atoms in total. The maximum atomic E-state index is 11.0. The van der Waals surface area contributed by atoms with Crippen LogP contribution in [0.5, 0.6) is 5.75 Å². The molecule has 0 spiro atoms. The Bertz CT molecular complexity index is 576. The molecule has 0 saturated heterocycles. The SMILES string of the molecule is O=C(O)COc1cc(C(=O)O)cc(C(O)P(=O)(O)O)c1. The zero-order valence-electron chi connectivity index (χ0n) is 9.83. The van der Waals surface area contributed by atoms with E-state index < -0.39 is 43.1 Å². The van der Waals surface area contributed by atoms with Crippen LogP contribution in [0.3, 0.4) is 0 Å². The standard InChI is InChI=1S/C10H11O9P/c11-8(12)4-19-7-2-5(9(13)14)1-6(3-7)10(15)20(16,17)18/h1-3,10,15H,4H2,(H,11,12)(H,13,14)(H2,16,17,18). The lowest BCUT2D eigenvalue weighted by molar-refractivity contribution is -0.139. The normalized spacial score (nSPS) is 12.8. The topological polar surface area (TPSA) is 162 Å². The number of aromatic carboxylic acids is 1. The molecule has 0 bridgehead atoms. The van der Waals surface area contributed by atoms with E-state index >= 15 is 0 Å². The van der Waals surface area contributed by atoms with Gasteiger partial charge < -0.3 is 29.8 Å². The predicted octanol–water partition coefficient (Wildman–Crippen LogP) is 0.0168. The molecule has 20 heavy (non-hydrogen) atoms. The van der Waals surface area contributed by atoms with Crippen LogP contribution in [-0.2, 0) is 9.36 Å². The summed E-state index contributed by atoms with van der Waals surface area (Å²) in [6, 6.07) is 2.79. The van der Waals surface area contributed by atoms with Crippen molar-refractivity contribution in [3.05, 3.63) is 29.3 Å². The molecular weight excluding hydrogens is 295 g/mol. The largest absolute Gasteiger partial charge is 0.482 e. The number of aliphatic hydroxyl groups excluding tert-OH is 1. The molecular formula is C10H11O9P. The number of carboxylic acid groups (broad SMARTS) is 2. The smallest absolute Gasteiger partial charge is 0.358 e. The van der Waals surface area contributed by atoms with E-state index in [-0.39, 0.29) is 5.75 Å². The quantitative estimate of drug-likeness (QED) is 0.456. The summed E-state index contributed by atoms with van der Waals surface area (Å²) in [5, 5.41) is 26.7. The Kier molecular flexibility index (Phi) is 4.85. The number of aliphatic hydroxyl groups is 1. The van der Waals surface area contributed by atoms with Crippen LogP contribution in [0.25, 0.3) is 0 Å². The fraction of sp³-hybridized carbons (Fsp3) is 0.200. The maximum absolute atomic E-state index is 11.0. The van der Waals surface area contributed by atoms with Crippen LogP contribution in [0.4, 0.5) is 0 Å². The van der Waals surface area contributed by atoms with Crippen molar-refractivity contribution in [2.24, 2.45) is 0 Å². The highest BCUT2D eigenvalue weighted by atomic mass is 31.2. The van der Waals surface area contributed by atoms with E-state index in [1.165, 1.54) is 0 Å². The minimum Gasteiger partial charge on any atom is -0.482 e. The third kappa shape index (κ3) is 4.32. The first-order valence-corrected chi connectivity index (χ1v) is 6.75. The van der Waals surface area contributed by atoms with Gasteiger partial charge in [-0.2, -0.15) is 0 Å². The molecule has 10 heteroatoms. The summed E-state index contributed by atoms with van der Waals surface area (Å²) in [5.74, 6) is -5.21. The van der Waals surface area contributed by atoms with Crippen molar-refractivity contribution in [1.82, 2.24) is 0 Å². The number of aliphatic carboxylic acids is 1. The van der Waals surface area contributed by atoms with Crippen molar-refractivity contribution in [2.75, 3.05) is 6.61 Å². The van der Waals surface area contributed by atoms with Crippen LogP contribution in [0.2, 0.25) is 0 Å². The number of hydrogen-bond acceptors (Lipinski definition) is 5. The molecule has 0 aliphatic heterocycles. The molecule has 0 aliphatic rings. The third-order valence-corrected chi connectivity index (χ3v) is 3.09. The fourth-order valence-electron chi connectivity index (χ4n) is 1.32. The van der Waals surface area contributed by atoms with Crippen LogP contribution < -0.4 is 4.74 Å². The van der Waals surface area contributed by atoms with Gasteiger partial charge >= 0.3 is 19.5 Å². The average Bonchev–Trinajstić information content (AvgIpc) is 2.33. The van der Waals surface area contributed by atoms with Gasteiger partial charge in [0.25, 0.3) is 0 Å². The van der Waals surface area contributed by atoms with Crippen LogP contribution in [0, 0.1) is 0 Å². The molecule has 1 unspecified atom stereocenters. The molecule has 0 amide bonds. The van der Waals surface area contributed by atoms with E-state index in [0.717, 1.165) is 18.2 Å². The van der Waals surface area contributed by atoms with Gasteiger partial charge in [-0.3, -0.25) is 4.57 Å². The molecule has 1 atom stereocenters. The summed E-state index contributed by atoms with van der Waals surface area (Å²) in [7, 11) is -4.90. The minimum absolute atomic E-state index is 0.241. The van der Waals surface area contributed by atoms with Gasteiger partial charge in [0.05, 0.1) is 5.56 Å². The molecule has 0 heterocycles. The van der Waals surface area contributed by atoms with Gasteiger partial charge in [-0.05, 0) is 23.8 Å². The van der Waals surface area contributed by atoms with Crippen LogP contribution in [0.15, 0.2) is 18.2 Å². The van der Waals surface area contributed by atoms with Gasteiger partial charge in [0.15, 0.2) is 12.5 Å². The van der Waals surface area contributed by atoms with Gasteiger partial charge in [-0.25, -0.2) is 9.59 Å². The van der Waals surface area contributed by atoms with E-state index in [2.05, 4.69) is 0 Å². The van der Waals surface area contributed by atoms with Gasteiger partial charge in [-0.1, -0.05) is 0 Å². The first-order chi connectivity index (χ1) is 9.11. The number of carbonyl (C=O) groups is 2. The first-order valence-electron chi connectivity index (χ1n) is 5.07. The lowest BCUT2D eigenvalue weighted by atomic mass is 10.1. The molecule has 110 valence electrons. The van der Waals surface area contributed by atoms with E-state index in [1.54, 1.807) is 0 Å². The maximum Gasteiger partial charge on any atom is 0.358 e. The third-order valence-electron chi connectivity index (χ3n) is 2.15. The van der Waals surface area contributed by atoms with Crippen molar-refractivity contribution in [2.45, 2.75) is 5.85 Å². The summed E-state index contributed by atoms with van der Waals surface area (Å²) in [4.78, 5) is 38.9. The molecule has 1 rings (SSSR count). The highest BCUT2D eigenvalue weighted by molar-refractivity contribution is 7.51. The minimum atomic E-state index is -4.90. The molecule has 0 aromatic heterocycles. The number of hydrogen-bond donors (Lipinski definition) is 5. The number of benzene rings is 1. The van der Waals surface area contributed by atoms with Crippen LogP contribution >= 0.6 is 7.60 Å². The van der Waals surface area contributed by atoms with Crippen molar-refractivity contribution in [3.63, 3.8) is 0 Å². The molecule has 0 fully saturated rings. The van der Waals surface area contributed by atoms with Crippen molar-refractivity contribution < 1.29 is 44.0 Å². The lowest BCUT2D eigenvalue weighted by Crippen LogP contribution is -2.11. The molecule has 0 aliphatic carbocycles. The summed E-state index contributed by atoms with van der Waals surface area (Å²) in [6.07, 6.45) is 0.